The van der Waals surface area contributed by atoms with Crippen LogP contribution in [0.1, 0.15) is 27.7 Å². The first kappa shape index (κ1) is 14.5. The van der Waals surface area contributed by atoms with Gasteiger partial charge in [-0.3, -0.25) is 9.78 Å². The third-order valence-corrected chi connectivity index (χ3v) is 3.80. The lowest BCUT2D eigenvalue weighted by atomic mass is 9.99. The quantitative estimate of drug-likeness (QED) is 0.749. The van der Waals surface area contributed by atoms with Crippen LogP contribution in [0.5, 0.6) is 0 Å². The SMILES string of the molecule is O=C(NC(c1ccccc1)c1ccncc1)c1cc(Br)c[nH]1. The summed E-state index contributed by atoms with van der Waals surface area (Å²) in [5.41, 5.74) is 2.52. The van der Waals surface area contributed by atoms with Gasteiger partial charge in [-0.15, -0.1) is 0 Å². The molecule has 0 fully saturated rings. The van der Waals surface area contributed by atoms with Crippen molar-refractivity contribution in [3.63, 3.8) is 0 Å². The van der Waals surface area contributed by atoms with Crippen LogP contribution < -0.4 is 5.32 Å². The van der Waals surface area contributed by atoms with Crippen molar-refractivity contribution in [2.24, 2.45) is 0 Å². The maximum Gasteiger partial charge on any atom is 0.268 e. The molecule has 0 aliphatic heterocycles. The number of hydrogen-bond donors (Lipinski definition) is 2. The Labute approximate surface area is 136 Å². The number of aromatic nitrogens is 2. The third-order valence-electron chi connectivity index (χ3n) is 3.34. The Bertz CT molecular complexity index is 716. The third kappa shape index (κ3) is 3.26. The monoisotopic (exact) mass is 355 g/mol. The van der Waals surface area contributed by atoms with E-state index in [1.54, 1.807) is 24.7 Å². The van der Waals surface area contributed by atoms with Crippen LogP contribution in [0.2, 0.25) is 0 Å². The number of aromatic amines is 1. The van der Waals surface area contributed by atoms with Crippen LogP contribution in [0.15, 0.2) is 71.6 Å². The van der Waals surface area contributed by atoms with E-state index in [0.29, 0.717) is 5.69 Å². The Morgan fingerprint density at radius 2 is 1.77 bits per heavy atom. The molecular weight excluding hydrogens is 342 g/mol. The van der Waals surface area contributed by atoms with E-state index < -0.39 is 0 Å². The van der Waals surface area contributed by atoms with Gasteiger partial charge in [-0.2, -0.15) is 0 Å². The summed E-state index contributed by atoms with van der Waals surface area (Å²) in [6, 6.07) is 15.2. The molecule has 0 saturated carbocycles. The smallest absolute Gasteiger partial charge is 0.268 e. The lowest BCUT2D eigenvalue weighted by Crippen LogP contribution is -2.29. The zero-order valence-electron chi connectivity index (χ0n) is 11.7. The Kier molecular flexibility index (Phi) is 4.34. The number of pyridine rings is 1. The van der Waals surface area contributed by atoms with Gasteiger partial charge < -0.3 is 10.3 Å². The highest BCUT2D eigenvalue weighted by Gasteiger charge is 2.18. The molecule has 1 unspecified atom stereocenters. The number of benzene rings is 1. The number of rotatable bonds is 4. The second-order valence-corrected chi connectivity index (χ2v) is 5.74. The minimum absolute atomic E-state index is 0.156. The molecule has 0 aliphatic rings. The largest absolute Gasteiger partial charge is 0.356 e. The van der Waals surface area contributed by atoms with Gasteiger partial charge in [-0.1, -0.05) is 30.3 Å². The van der Waals surface area contributed by atoms with E-state index in [2.05, 4.69) is 31.2 Å². The van der Waals surface area contributed by atoms with E-state index in [1.807, 2.05) is 42.5 Å². The van der Waals surface area contributed by atoms with E-state index in [0.717, 1.165) is 15.6 Å². The minimum atomic E-state index is -0.223. The normalized spacial score (nSPS) is 11.9. The number of hydrogen-bond acceptors (Lipinski definition) is 2. The Hall–Kier alpha value is -2.40. The predicted molar refractivity (Wildman–Crippen MR) is 88.5 cm³/mol. The summed E-state index contributed by atoms with van der Waals surface area (Å²) >= 11 is 3.34. The number of carbonyl (C=O) groups is 1. The van der Waals surface area contributed by atoms with Gasteiger partial charge in [-0.25, -0.2) is 0 Å². The zero-order valence-corrected chi connectivity index (χ0v) is 13.2. The second-order valence-electron chi connectivity index (χ2n) is 4.83. The minimum Gasteiger partial charge on any atom is -0.356 e. The average molecular weight is 356 g/mol. The fourth-order valence-electron chi connectivity index (χ4n) is 2.27. The first-order valence-electron chi connectivity index (χ1n) is 6.83. The van der Waals surface area contributed by atoms with Crippen LogP contribution in [-0.2, 0) is 0 Å². The standard InChI is InChI=1S/C17H14BrN3O/c18-14-10-15(20-11-14)17(22)21-16(12-4-2-1-3-5-12)13-6-8-19-9-7-13/h1-11,16,20H,(H,21,22). The van der Waals surface area contributed by atoms with Crippen LogP contribution in [0.3, 0.4) is 0 Å². The molecule has 0 spiro atoms. The summed E-state index contributed by atoms with van der Waals surface area (Å²) in [7, 11) is 0. The molecule has 0 saturated heterocycles. The van der Waals surface area contributed by atoms with Crippen molar-refractivity contribution < 1.29 is 4.79 Å². The van der Waals surface area contributed by atoms with E-state index in [1.165, 1.54) is 0 Å². The lowest BCUT2D eigenvalue weighted by Gasteiger charge is -2.19. The first-order valence-corrected chi connectivity index (χ1v) is 7.63. The lowest BCUT2D eigenvalue weighted by molar-refractivity contribution is 0.0938. The van der Waals surface area contributed by atoms with Crippen molar-refractivity contribution in [1.82, 2.24) is 15.3 Å². The molecular formula is C17H14BrN3O. The maximum atomic E-state index is 12.4. The highest BCUT2D eigenvalue weighted by molar-refractivity contribution is 9.10. The predicted octanol–water partition coefficient (Wildman–Crippen LogP) is 3.69. The molecule has 5 heteroatoms. The number of halogens is 1. The van der Waals surface area contributed by atoms with Crippen LogP contribution >= 0.6 is 15.9 Å². The molecule has 110 valence electrons. The molecule has 1 aromatic carbocycles. The molecule has 2 aromatic heterocycles. The molecule has 3 aromatic rings. The molecule has 0 bridgehead atoms. The molecule has 1 atom stereocenters. The number of carbonyl (C=O) groups excluding carboxylic acids is 1. The van der Waals surface area contributed by atoms with Crippen molar-refractivity contribution in [2.75, 3.05) is 0 Å². The van der Waals surface area contributed by atoms with Gasteiger partial charge in [0.2, 0.25) is 0 Å². The number of H-pyrrole nitrogens is 1. The van der Waals surface area contributed by atoms with E-state index in [4.69, 9.17) is 0 Å². The zero-order chi connectivity index (χ0) is 15.4. The van der Waals surface area contributed by atoms with E-state index >= 15 is 0 Å². The van der Waals surface area contributed by atoms with Crippen molar-refractivity contribution in [3.05, 3.63) is 88.4 Å². The summed E-state index contributed by atoms with van der Waals surface area (Å²) in [6.07, 6.45) is 5.18. The van der Waals surface area contributed by atoms with Crippen LogP contribution in [0, 0.1) is 0 Å². The van der Waals surface area contributed by atoms with Gasteiger partial charge in [0.15, 0.2) is 0 Å². The van der Waals surface area contributed by atoms with Gasteiger partial charge in [0.25, 0.3) is 5.91 Å². The van der Waals surface area contributed by atoms with Crippen molar-refractivity contribution >= 4 is 21.8 Å². The summed E-state index contributed by atoms with van der Waals surface area (Å²) in [5.74, 6) is -0.156. The van der Waals surface area contributed by atoms with Crippen molar-refractivity contribution in [1.29, 1.82) is 0 Å². The Balaban J connectivity index is 1.91. The fourth-order valence-corrected chi connectivity index (χ4v) is 2.61. The van der Waals surface area contributed by atoms with Crippen molar-refractivity contribution in [2.45, 2.75) is 6.04 Å². The highest BCUT2D eigenvalue weighted by atomic mass is 79.9. The van der Waals surface area contributed by atoms with Crippen LogP contribution in [0.4, 0.5) is 0 Å². The number of nitrogens with zero attached hydrogens (tertiary/aromatic N) is 1. The topological polar surface area (TPSA) is 57.8 Å². The molecule has 3 rings (SSSR count). The van der Waals surface area contributed by atoms with Gasteiger partial charge in [-0.05, 0) is 45.3 Å². The average Bonchev–Trinajstić information content (AvgIpc) is 3.01. The molecule has 2 N–H and O–H groups in total. The van der Waals surface area contributed by atoms with E-state index in [9.17, 15) is 4.79 Å². The summed E-state index contributed by atoms with van der Waals surface area (Å²) in [6.45, 7) is 0. The fraction of sp³-hybridized carbons (Fsp3) is 0.0588. The summed E-state index contributed by atoms with van der Waals surface area (Å²) in [5, 5.41) is 3.06. The van der Waals surface area contributed by atoms with Crippen LogP contribution in [0.25, 0.3) is 0 Å². The number of nitrogens with one attached hydrogen (secondary N) is 2. The van der Waals surface area contributed by atoms with E-state index in [-0.39, 0.29) is 11.9 Å². The van der Waals surface area contributed by atoms with Gasteiger partial charge >= 0.3 is 0 Å². The number of amides is 1. The Morgan fingerprint density at radius 3 is 2.41 bits per heavy atom. The molecule has 0 radical (unpaired) electrons. The molecule has 1 amide bonds. The second kappa shape index (κ2) is 6.58. The molecule has 22 heavy (non-hydrogen) atoms. The van der Waals surface area contributed by atoms with Gasteiger partial charge in [0, 0.05) is 23.1 Å². The van der Waals surface area contributed by atoms with Gasteiger partial charge in [0.1, 0.15) is 5.69 Å². The first-order chi connectivity index (χ1) is 10.7. The van der Waals surface area contributed by atoms with Gasteiger partial charge in [0.05, 0.1) is 6.04 Å². The summed E-state index contributed by atoms with van der Waals surface area (Å²) < 4.78 is 0.845. The van der Waals surface area contributed by atoms with Crippen molar-refractivity contribution in [3.8, 4) is 0 Å². The van der Waals surface area contributed by atoms with Crippen LogP contribution in [-0.4, -0.2) is 15.9 Å². The molecule has 0 aliphatic carbocycles. The molecule has 4 nitrogen and oxygen atoms in total. The Morgan fingerprint density at radius 1 is 1.09 bits per heavy atom. The highest BCUT2D eigenvalue weighted by Crippen LogP contribution is 2.22. The molecule has 2 heterocycles. The maximum absolute atomic E-state index is 12.4. The summed E-state index contributed by atoms with van der Waals surface area (Å²) in [4.78, 5) is 19.4.